The van der Waals surface area contributed by atoms with Crippen molar-refractivity contribution in [2.45, 2.75) is 25.8 Å². The zero-order valence-electron chi connectivity index (χ0n) is 10.5. The first-order valence-electron chi connectivity index (χ1n) is 6.11. The Morgan fingerprint density at radius 1 is 1.37 bits per heavy atom. The zero-order chi connectivity index (χ0) is 13.2. The maximum absolute atomic E-state index is 5.97. The molecule has 0 atom stereocenters. The van der Waals surface area contributed by atoms with Gasteiger partial charge in [-0.25, -0.2) is 15.0 Å². The van der Waals surface area contributed by atoms with E-state index in [1.54, 1.807) is 17.5 Å². The van der Waals surface area contributed by atoms with Gasteiger partial charge >= 0.3 is 0 Å². The first-order valence-corrected chi connectivity index (χ1v) is 7.46. The first-order chi connectivity index (χ1) is 9.31. The lowest BCUT2D eigenvalue weighted by Gasteiger charge is -2.03. The molecule has 3 rings (SSSR count). The van der Waals surface area contributed by atoms with Crippen LogP contribution in [0.25, 0.3) is 11.2 Å². The quantitative estimate of drug-likeness (QED) is 0.693. The van der Waals surface area contributed by atoms with E-state index in [0.717, 1.165) is 28.4 Å². The van der Waals surface area contributed by atoms with Crippen LogP contribution in [0.1, 0.15) is 22.6 Å². The molecule has 0 saturated heterocycles. The maximum atomic E-state index is 5.97. The maximum Gasteiger partial charge on any atom is 0.160 e. The Hall–Kier alpha value is -1.46. The predicted molar refractivity (Wildman–Crippen MR) is 77.7 cm³/mol. The highest BCUT2D eigenvalue weighted by Gasteiger charge is 2.12. The number of alkyl halides is 1. The minimum absolute atomic E-state index is 0.377. The van der Waals surface area contributed by atoms with E-state index < -0.39 is 0 Å². The number of thiazole rings is 1. The van der Waals surface area contributed by atoms with Crippen molar-refractivity contribution in [3.05, 3.63) is 40.2 Å². The van der Waals surface area contributed by atoms with Gasteiger partial charge in [0.25, 0.3) is 0 Å². The van der Waals surface area contributed by atoms with E-state index in [1.165, 1.54) is 4.88 Å². The molecule has 0 spiro atoms. The summed E-state index contributed by atoms with van der Waals surface area (Å²) in [5.74, 6) is 1.21. The van der Waals surface area contributed by atoms with Gasteiger partial charge in [-0.05, 0) is 18.6 Å². The topological polar surface area (TPSA) is 43.6 Å². The van der Waals surface area contributed by atoms with Crippen LogP contribution in [-0.4, -0.2) is 19.5 Å². The lowest BCUT2D eigenvalue weighted by atomic mass is 10.4. The largest absolute Gasteiger partial charge is 0.305 e. The summed E-state index contributed by atoms with van der Waals surface area (Å²) in [4.78, 5) is 14.6. The smallest absolute Gasteiger partial charge is 0.160 e. The van der Waals surface area contributed by atoms with Gasteiger partial charge in [0.15, 0.2) is 5.65 Å². The van der Waals surface area contributed by atoms with Crippen LogP contribution >= 0.6 is 22.9 Å². The zero-order valence-corrected chi connectivity index (χ0v) is 12.1. The summed E-state index contributed by atoms with van der Waals surface area (Å²) in [6, 6.07) is 3.84. The molecule has 0 radical (unpaired) electrons. The van der Waals surface area contributed by atoms with Crippen molar-refractivity contribution in [3.63, 3.8) is 0 Å². The molecule has 6 heteroatoms. The van der Waals surface area contributed by atoms with Crippen molar-refractivity contribution >= 4 is 34.1 Å². The number of halogens is 1. The van der Waals surface area contributed by atoms with Gasteiger partial charge in [-0.2, -0.15) is 0 Å². The van der Waals surface area contributed by atoms with Gasteiger partial charge in [0.2, 0.25) is 0 Å². The van der Waals surface area contributed by atoms with Gasteiger partial charge in [-0.1, -0.05) is 6.92 Å². The first kappa shape index (κ1) is 12.6. The number of fused-ring (bicyclic) bond motifs is 1. The van der Waals surface area contributed by atoms with Crippen molar-refractivity contribution in [2.24, 2.45) is 0 Å². The Balaban J connectivity index is 2.03. The minimum Gasteiger partial charge on any atom is -0.305 e. The highest BCUT2D eigenvalue weighted by atomic mass is 35.5. The second-order valence-electron chi connectivity index (χ2n) is 4.17. The molecular formula is C13H13ClN4S. The number of hydrogen-bond acceptors (Lipinski definition) is 4. The second-order valence-corrected chi connectivity index (χ2v) is 5.63. The summed E-state index contributed by atoms with van der Waals surface area (Å²) < 4.78 is 2.04. The normalized spacial score (nSPS) is 11.3. The van der Waals surface area contributed by atoms with E-state index in [0.29, 0.717) is 12.4 Å². The van der Waals surface area contributed by atoms with Crippen LogP contribution in [0.5, 0.6) is 0 Å². The van der Waals surface area contributed by atoms with Crippen molar-refractivity contribution < 1.29 is 0 Å². The molecule has 0 aromatic carbocycles. The highest BCUT2D eigenvalue weighted by Crippen LogP contribution is 2.20. The molecule has 4 nitrogen and oxygen atoms in total. The molecule has 0 aliphatic carbocycles. The fourth-order valence-electron chi connectivity index (χ4n) is 1.99. The highest BCUT2D eigenvalue weighted by molar-refractivity contribution is 7.11. The van der Waals surface area contributed by atoms with Gasteiger partial charge in [-0.3, -0.25) is 0 Å². The molecule has 0 aliphatic rings. The lowest BCUT2D eigenvalue weighted by molar-refractivity contribution is 0.765. The fourth-order valence-corrected chi connectivity index (χ4v) is 3.05. The average molecular weight is 293 g/mol. The van der Waals surface area contributed by atoms with E-state index in [1.807, 2.05) is 22.9 Å². The number of pyridine rings is 1. The van der Waals surface area contributed by atoms with Crippen LogP contribution in [0.4, 0.5) is 0 Å². The Morgan fingerprint density at radius 3 is 3.00 bits per heavy atom. The van der Waals surface area contributed by atoms with Crippen LogP contribution in [-0.2, 0) is 18.8 Å². The molecule has 0 N–H and O–H groups in total. The van der Waals surface area contributed by atoms with Gasteiger partial charge in [0, 0.05) is 17.3 Å². The predicted octanol–water partition coefficient (Wildman–Crippen LogP) is 3.24. The molecule has 19 heavy (non-hydrogen) atoms. The molecule has 3 heterocycles. The van der Waals surface area contributed by atoms with Crippen molar-refractivity contribution in [1.82, 2.24) is 19.5 Å². The minimum atomic E-state index is 0.377. The Morgan fingerprint density at radius 2 is 2.26 bits per heavy atom. The summed E-state index contributed by atoms with van der Waals surface area (Å²) in [6.45, 7) is 2.82. The van der Waals surface area contributed by atoms with Gasteiger partial charge in [-0.15, -0.1) is 22.9 Å². The summed E-state index contributed by atoms with van der Waals surface area (Å²) in [7, 11) is 0. The number of aromatic nitrogens is 4. The van der Waals surface area contributed by atoms with Crippen LogP contribution in [0, 0.1) is 0 Å². The number of hydrogen-bond donors (Lipinski definition) is 0. The number of rotatable bonds is 4. The molecule has 0 amide bonds. The van der Waals surface area contributed by atoms with Gasteiger partial charge in [0.05, 0.1) is 12.4 Å². The Bertz CT molecular complexity index is 704. The summed E-state index contributed by atoms with van der Waals surface area (Å²) >= 11 is 7.70. The van der Waals surface area contributed by atoms with Crippen molar-refractivity contribution in [2.75, 3.05) is 0 Å². The average Bonchev–Trinajstić information content (AvgIpc) is 3.04. The molecule has 98 valence electrons. The molecule has 0 fully saturated rings. The van der Waals surface area contributed by atoms with Gasteiger partial charge in [0.1, 0.15) is 16.3 Å². The Labute approximate surface area is 120 Å². The van der Waals surface area contributed by atoms with Crippen LogP contribution in [0.3, 0.4) is 0 Å². The molecule has 3 aromatic rings. The standard InChI is InChI=1S/C13H13ClN4S/c1-2-9-7-16-12(19-9)8-18-11(6-14)17-10-4-3-5-15-13(10)18/h3-5,7H,2,6,8H2,1H3. The molecule has 3 aromatic heterocycles. The van der Waals surface area contributed by atoms with E-state index in [9.17, 15) is 0 Å². The Kier molecular flexibility index (Phi) is 3.48. The fraction of sp³-hybridized carbons (Fsp3) is 0.308. The third kappa shape index (κ3) is 2.35. The molecular weight excluding hydrogens is 280 g/mol. The SMILES string of the molecule is CCc1cnc(Cn2c(CCl)nc3cccnc32)s1. The second kappa shape index (κ2) is 5.27. The van der Waals surface area contributed by atoms with E-state index >= 15 is 0 Å². The third-order valence-corrected chi connectivity index (χ3v) is 4.31. The third-order valence-electron chi connectivity index (χ3n) is 2.95. The number of nitrogens with zero attached hydrogens (tertiary/aromatic N) is 4. The van der Waals surface area contributed by atoms with E-state index in [-0.39, 0.29) is 0 Å². The molecule has 0 bridgehead atoms. The summed E-state index contributed by atoms with van der Waals surface area (Å²) in [5.41, 5.74) is 1.75. The molecule has 0 unspecified atom stereocenters. The lowest BCUT2D eigenvalue weighted by Crippen LogP contribution is -2.04. The monoisotopic (exact) mass is 292 g/mol. The van der Waals surface area contributed by atoms with Crippen LogP contribution in [0.2, 0.25) is 0 Å². The van der Waals surface area contributed by atoms with Crippen LogP contribution < -0.4 is 0 Å². The molecule has 0 saturated carbocycles. The van der Waals surface area contributed by atoms with Crippen molar-refractivity contribution in [3.8, 4) is 0 Å². The summed E-state index contributed by atoms with van der Waals surface area (Å²) in [5, 5.41) is 1.06. The van der Waals surface area contributed by atoms with Crippen LogP contribution in [0.15, 0.2) is 24.5 Å². The van der Waals surface area contributed by atoms with Crippen molar-refractivity contribution in [1.29, 1.82) is 0 Å². The number of aryl methyl sites for hydroxylation is 1. The number of imidazole rings is 1. The summed E-state index contributed by atoms with van der Waals surface area (Å²) in [6.07, 6.45) is 4.73. The van der Waals surface area contributed by atoms with E-state index in [4.69, 9.17) is 11.6 Å². The van der Waals surface area contributed by atoms with Gasteiger partial charge < -0.3 is 4.57 Å². The van der Waals surface area contributed by atoms with E-state index in [2.05, 4.69) is 21.9 Å². The molecule has 0 aliphatic heterocycles.